The fraction of sp³-hybridized carbons (Fsp3) is 0.431. The quantitative estimate of drug-likeness (QED) is 0.108. The first kappa shape index (κ1) is 47.7. The van der Waals surface area contributed by atoms with Gasteiger partial charge >= 0.3 is 28.4 Å². The van der Waals surface area contributed by atoms with E-state index in [-0.39, 0.29) is 10.8 Å². The van der Waals surface area contributed by atoms with Crippen LogP contribution in [0.5, 0.6) is 0 Å². The van der Waals surface area contributed by atoms with Gasteiger partial charge in [0.2, 0.25) is 0 Å². The first-order chi connectivity index (χ1) is 25.7. The molecule has 0 saturated carbocycles. The van der Waals surface area contributed by atoms with Crippen LogP contribution in [0.4, 0.5) is 0 Å². The summed E-state index contributed by atoms with van der Waals surface area (Å²) < 4.78 is 3.34. The summed E-state index contributed by atoms with van der Waals surface area (Å²) >= 11 is 1.30. The van der Waals surface area contributed by atoms with Crippen molar-refractivity contribution in [2.75, 3.05) is 0 Å². The molecule has 4 aromatic carbocycles. The third-order valence-corrected chi connectivity index (χ3v) is 23.0. The van der Waals surface area contributed by atoms with E-state index in [0.29, 0.717) is 0 Å². The van der Waals surface area contributed by atoms with Gasteiger partial charge in [0, 0.05) is 0 Å². The molecule has 0 fully saturated rings. The summed E-state index contributed by atoms with van der Waals surface area (Å²) in [7, 11) is -2.23. The van der Waals surface area contributed by atoms with Crippen molar-refractivity contribution in [1.29, 1.82) is 0 Å². The van der Waals surface area contributed by atoms with Crippen molar-refractivity contribution in [1.82, 2.24) is 0 Å². The Labute approximate surface area is 350 Å². The second kappa shape index (κ2) is 22.9. The normalized spacial score (nSPS) is 12.7. The van der Waals surface area contributed by atoms with Gasteiger partial charge in [0.1, 0.15) is 0 Å². The average molecular weight is 831 g/mol. The van der Waals surface area contributed by atoms with E-state index in [1.807, 2.05) is 12.2 Å². The minimum absolute atomic E-state index is 0.167. The van der Waals surface area contributed by atoms with Crippen molar-refractivity contribution in [2.45, 2.75) is 143 Å². The molecule has 4 aromatic rings. The maximum absolute atomic E-state index is 3.67. The molecule has 54 heavy (non-hydrogen) atoms. The minimum atomic E-state index is -1.11. The van der Waals surface area contributed by atoms with Gasteiger partial charge in [-0.1, -0.05) is 143 Å². The van der Waals surface area contributed by atoms with Crippen LogP contribution < -0.4 is 10.4 Å². The number of fused-ring (bicyclic) bond motifs is 3. The van der Waals surface area contributed by atoms with Crippen molar-refractivity contribution in [3.8, 4) is 11.1 Å². The zero-order valence-corrected chi connectivity index (χ0v) is 40.6. The number of rotatable bonds is 8. The van der Waals surface area contributed by atoms with E-state index in [4.69, 9.17) is 0 Å². The molecule has 0 aliphatic heterocycles. The van der Waals surface area contributed by atoms with Crippen LogP contribution in [0.25, 0.3) is 11.1 Å². The first-order valence-electron chi connectivity index (χ1n) is 20.4. The van der Waals surface area contributed by atoms with Crippen LogP contribution >= 0.6 is 0 Å². The molecule has 3 heteroatoms. The molecule has 0 aromatic heterocycles. The van der Waals surface area contributed by atoms with Crippen LogP contribution in [0.2, 0.25) is 36.3 Å². The van der Waals surface area contributed by atoms with Crippen LogP contribution in [0.1, 0.15) is 112 Å². The van der Waals surface area contributed by atoms with Crippen molar-refractivity contribution >= 4 is 30.7 Å². The van der Waals surface area contributed by atoms with Crippen LogP contribution in [0, 0.1) is 24.3 Å². The third kappa shape index (κ3) is 13.1. The number of allylic oxidation sites excluding steroid dienone is 4. The zero-order valence-electron chi connectivity index (χ0n) is 36.1. The molecule has 0 nitrogen and oxygen atoms in total. The predicted molar refractivity (Wildman–Crippen MR) is 244 cm³/mol. The van der Waals surface area contributed by atoms with Crippen molar-refractivity contribution in [3.63, 3.8) is 0 Å². The second-order valence-electron chi connectivity index (χ2n) is 16.6. The molecule has 0 atom stereocenters. The summed E-state index contributed by atoms with van der Waals surface area (Å²) in [6, 6.07) is 46.8. The standard InChI is InChI=1S/C21H25.2C12H19Si.C5H5.CH2.Zr/c1-20(2,3)16-7-9-18-14(12-16)11-15-13-17(21(4,5)6)8-10-19(15)18;2*1-4-13(5-2,6-3)12-10-8-7-9-11-12;1-2-4-5-3-1;;/h7-10,12H,11H2,1-6H3;2*8-11H,4-6H2,1-3H3;1-3H,4H2;1H2;/q4*-1;;. The zero-order chi connectivity index (χ0) is 40.4. The number of hydrogen-bond donors (Lipinski definition) is 0. The Kier molecular flexibility index (Phi) is 20.3. The van der Waals surface area contributed by atoms with Crippen molar-refractivity contribution in [3.05, 3.63) is 144 Å². The Bertz CT molecular complexity index is 1570. The maximum atomic E-state index is 3.67. The Balaban J connectivity index is 0.000000266. The fourth-order valence-electron chi connectivity index (χ4n) is 7.57. The summed E-state index contributed by atoms with van der Waals surface area (Å²) in [5.41, 5.74) is 8.70. The first-order valence-corrected chi connectivity index (χ1v) is 27.4. The van der Waals surface area contributed by atoms with Crippen LogP contribution in [-0.2, 0) is 41.5 Å². The molecule has 290 valence electrons. The van der Waals surface area contributed by atoms with E-state index in [2.05, 4.69) is 197 Å². The molecule has 0 bridgehead atoms. The molecule has 0 spiro atoms. The molecule has 2 aliphatic carbocycles. The van der Waals surface area contributed by atoms with Crippen molar-refractivity contribution in [2.24, 2.45) is 0 Å². The molecule has 0 saturated heterocycles. The third-order valence-electron chi connectivity index (χ3n) is 11.8. The van der Waals surface area contributed by atoms with Crippen LogP contribution in [-0.4, -0.2) is 20.4 Å². The summed E-state index contributed by atoms with van der Waals surface area (Å²) in [6.07, 6.45) is 11.0. The monoisotopic (exact) mass is 828 g/mol. The van der Waals surface area contributed by atoms with E-state index < -0.39 is 16.1 Å². The van der Waals surface area contributed by atoms with E-state index in [1.165, 1.54) is 93.9 Å². The Hall–Kier alpha value is -2.45. The Morgan fingerprint density at radius 3 is 1.43 bits per heavy atom. The van der Waals surface area contributed by atoms with E-state index in [0.717, 1.165) is 12.8 Å². The Morgan fingerprint density at radius 2 is 1.07 bits per heavy atom. The summed E-state index contributed by atoms with van der Waals surface area (Å²) in [4.78, 5) is 0. The Morgan fingerprint density at radius 1 is 0.611 bits per heavy atom. The van der Waals surface area contributed by atoms with Gasteiger partial charge in [0.05, 0.1) is 16.1 Å². The predicted octanol–water partition coefficient (Wildman–Crippen LogP) is 13.3. The average Bonchev–Trinajstić information content (AvgIpc) is 3.90. The molecule has 0 radical (unpaired) electrons. The summed E-state index contributed by atoms with van der Waals surface area (Å²) in [6.45, 7) is 27.7. The van der Waals surface area contributed by atoms with Gasteiger partial charge in [0.25, 0.3) is 0 Å². The van der Waals surface area contributed by atoms with E-state index in [9.17, 15) is 0 Å². The molecule has 6 rings (SSSR count). The van der Waals surface area contributed by atoms with Gasteiger partial charge in [-0.05, 0) is 28.4 Å². The summed E-state index contributed by atoms with van der Waals surface area (Å²) in [5, 5.41) is 3.22. The topological polar surface area (TPSA) is 0 Å². The molecule has 0 unspecified atom stereocenters. The molecule has 2 aliphatic rings. The fourth-order valence-corrected chi connectivity index (χ4v) is 14.8. The van der Waals surface area contributed by atoms with Crippen LogP contribution in [0.15, 0.2) is 97.1 Å². The van der Waals surface area contributed by atoms with Gasteiger partial charge in [-0.2, -0.15) is 101 Å². The summed E-state index contributed by atoms with van der Waals surface area (Å²) in [5.74, 6) is 0. The van der Waals surface area contributed by atoms with Gasteiger partial charge in [-0.15, -0.1) is 17.5 Å². The number of benzene rings is 4. The van der Waals surface area contributed by atoms with Crippen molar-refractivity contribution < 1.29 is 24.2 Å². The van der Waals surface area contributed by atoms with Crippen LogP contribution in [0.3, 0.4) is 0 Å². The molecule has 0 heterocycles. The SMILES string of the molecule is CC(C)(C)c1[c-]c2c(cc1)-c1ccc(C(C)(C)C)cc1C2.CC[Si](CC)(CC)c1cc[c-]cc1.CC[Si](CC)(CC)c1cc[c-]cc1.[C-]1=CC=CC1.[CH2]=[Zr]. The molecule has 0 amide bonds. The second-order valence-corrected chi connectivity index (χ2v) is 27.1. The van der Waals surface area contributed by atoms with Gasteiger partial charge in [-0.3, -0.25) is 6.08 Å². The van der Waals surface area contributed by atoms with Gasteiger partial charge in [0.15, 0.2) is 0 Å². The van der Waals surface area contributed by atoms with Gasteiger partial charge < -0.3 is 0 Å². The number of hydrogen-bond acceptors (Lipinski definition) is 0. The molecular weight excluding hydrogens is 760 g/mol. The molecular formula is C51H70Si2Zr-4. The van der Waals surface area contributed by atoms with E-state index in [1.54, 1.807) is 10.4 Å². The molecule has 0 N–H and O–H groups in total. The van der Waals surface area contributed by atoms with E-state index >= 15 is 0 Å². The van der Waals surface area contributed by atoms with Gasteiger partial charge in [-0.25, -0.2) is 12.2 Å².